The van der Waals surface area contributed by atoms with Gasteiger partial charge in [-0.05, 0) is 30.9 Å². The molecule has 1 aromatic carbocycles. The minimum atomic E-state index is 0.271. The van der Waals surface area contributed by atoms with Crippen LogP contribution < -0.4 is 4.90 Å². The number of hydrogen-bond acceptors (Lipinski definition) is 4. The van der Waals surface area contributed by atoms with Crippen molar-refractivity contribution in [2.75, 3.05) is 50.7 Å². The highest BCUT2D eigenvalue weighted by atomic mass is 16.3. The van der Waals surface area contributed by atoms with Crippen molar-refractivity contribution in [3.63, 3.8) is 0 Å². The first kappa shape index (κ1) is 16.1. The lowest BCUT2D eigenvalue weighted by Gasteiger charge is -2.37. The van der Waals surface area contributed by atoms with Gasteiger partial charge in [-0.25, -0.2) is 0 Å². The number of anilines is 1. The van der Waals surface area contributed by atoms with E-state index in [1.807, 2.05) is 23.1 Å². The zero-order valence-electron chi connectivity index (χ0n) is 13.9. The number of phenolic OH excluding ortho intramolecular Hbond substituents is 1. The van der Waals surface area contributed by atoms with Crippen LogP contribution in [-0.4, -0.2) is 66.6 Å². The molecule has 2 heterocycles. The smallest absolute Gasteiger partial charge is 0.236 e. The Morgan fingerprint density at radius 2 is 1.91 bits per heavy atom. The van der Waals surface area contributed by atoms with Crippen LogP contribution in [0.1, 0.15) is 19.8 Å². The number of phenols is 1. The largest absolute Gasteiger partial charge is 0.506 e. The zero-order chi connectivity index (χ0) is 16.2. The first-order chi connectivity index (χ1) is 11.1. The van der Waals surface area contributed by atoms with E-state index in [0.717, 1.165) is 51.4 Å². The van der Waals surface area contributed by atoms with Gasteiger partial charge in [0.2, 0.25) is 5.91 Å². The Morgan fingerprint density at radius 3 is 2.61 bits per heavy atom. The molecule has 1 aromatic rings. The number of likely N-dealkylation sites (tertiary alicyclic amines) is 1. The van der Waals surface area contributed by atoms with Crippen molar-refractivity contribution in [1.82, 2.24) is 9.80 Å². The molecule has 0 radical (unpaired) electrons. The van der Waals surface area contributed by atoms with Gasteiger partial charge in [0.15, 0.2) is 0 Å². The molecule has 0 spiro atoms. The van der Waals surface area contributed by atoms with Gasteiger partial charge in [0, 0.05) is 39.3 Å². The van der Waals surface area contributed by atoms with E-state index in [1.54, 1.807) is 6.07 Å². The molecule has 1 amide bonds. The predicted octanol–water partition coefficient (Wildman–Crippen LogP) is 1.77. The third-order valence-electron chi connectivity index (χ3n) is 4.96. The van der Waals surface area contributed by atoms with Crippen molar-refractivity contribution < 1.29 is 9.90 Å². The maximum absolute atomic E-state index is 12.4. The molecule has 0 unspecified atom stereocenters. The highest BCUT2D eigenvalue weighted by molar-refractivity contribution is 5.78. The van der Waals surface area contributed by atoms with Crippen molar-refractivity contribution >= 4 is 11.6 Å². The number of piperidine rings is 1. The second-order valence-electron chi connectivity index (χ2n) is 6.84. The Morgan fingerprint density at radius 1 is 1.17 bits per heavy atom. The molecule has 3 rings (SSSR count). The summed E-state index contributed by atoms with van der Waals surface area (Å²) in [6.07, 6.45) is 2.37. The van der Waals surface area contributed by atoms with E-state index in [9.17, 15) is 9.90 Å². The maximum atomic E-state index is 12.4. The normalized spacial score (nSPS) is 23.1. The quantitative estimate of drug-likeness (QED) is 0.923. The lowest BCUT2D eigenvalue weighted by molar-refractivity contribution is -0.134. The summed E-state index contributed by atoms with van der Waals surface area (Å²) in [6, 6.07) is 7.46. The first-order valence-electron chi connectivity index (χ1n) is 8.66. The zero-order valence-corrected chi connectivity index (χ0v) is 13.9. The molecule has 0 saturated carbocycles. The van der Waals surface area contributed by atoms with Crippen LogP contribution in [-0.2, 0) is 4.79 Å². The van der Waals surface area contributed by atoms with Crippen LogP contribution in [0.5, 0.6) is 5.75 Å². The van der Waals surface area contributed by atoms with Crippen LogP contribution in [0.3, 0.4) is 0 Å². The standard InChI is InChI=1S/C18H27N3O2/c1-15-5-4-8-21(13-15)18(23)14-19-9-11-20(12-10-19)16-6-2-3-7-17(16)22/h2-3,6-7,15,22H,4-5,8-14H2,1H3/t15-/m0/s1. The van der Waals surface area contributed by atoms with Gasteiger partial charge in [0.05, 0.1) is 12.2 Å². The van der Waals surface area contributed by atoms with Crippen LogP contribution in [0.4, 0.5) is 5.69 Å². The SMILES string of the molecule is C[C@H]1CCCN(C(=O)CN2CCN(c3ccccc3O)CC2)C1. The van der Waals surface area contributed by atoms with Gasteiger partial charge in [0.1, 0.15) is 5.75 Å². The fourth-order valence-electron chi connectivity index (χ4n) is 3.59. The summed E-state index contributed by atoms with van der Waals surface area (Å²) in [6.45, 7) is 8.01. The summed E-state index contributed by atoms with van der Waals surface area (Å²) in [5.74, 6) is 1.23. The number of carbonyl (C=O) groups is 1. The summed E-state index contributed by atoms with van der Waals surface area (Å²) < 4.78 is 0. The Bertz CT molecular complexity index is 541. The number of hydrogen-bond donors (Lipinski definition) is 1. The van der Waals surface area contributed by atoms with Gasteiger partial charge < -0.3 is 14.9 Å². The molecule has 126 valence electrons. The van der Waals surface area contributed by atoms with Gasteiger partial charge in [-0.1, -0.05) is 19.1 Å². The first-order valence-corrected chi connectivity index (χ1v) is 8.66. The Kier molecular flexibility index (Phi) is 5.06. The minimum Gasteiger partial charge on any atom is -0.506 e. The van der Waals surface area contributed by atoms with E-state index in [0.29, 0.717) is 18.2 Å². The van der Waals surface area contributed by atoms with Crippen LogP contribution in [0.2, 0.25) is 0 Å². The molecule has 2 fully saturated rings. The highest BCUT2D eigenvalue weighted by Crippen LogP contribution is 2.27. The number of aromatic hydroxyl groups is 1. The number of benzene rings is 1. The lowest BCUT2D eigenvalue weighted by Crippen LogP contribution is -2.51. The number of carbonyl (C=O) groups excluding carboxylic acids is 1. The van der Waals surface area contributed by atoms with Crippen LogP contribution >= 0.6 is 0 Å². The van der Waals surface area contributed by atoms with Gasteiger partial charge >= 0.3 is 0 Å². The molecule has 0 aromatic heterocycles. The molecular formula is C18H27N3O2. The Labute approximate surface area is 138 Å². The van der Waals surface area contributed by atoms with Crippen molar-refractivity contribution in [3.8, 4) is 5.75 Å². The Hall–Kier alpha value is -1.75. The predicted molar refractivity (Wildman–Crippen MR) is 91.7 cm³/mol. The van der Waals surface area contributed by atoms with Gasteiger partial charge in [-0.15, -0.1) is 0 Å². The topological polar surface area (TPSA) is 47.0 Å². The number of piperazine rings is 1. The molecule has 1 atom stereocenters. The van der Waals surface area contributed by atoms with E-state index >= 15 is 0 Å². The monoisotopic (exact) mass is 317 g/mol. The summed E-state index contributed by atoms with van der Waals surface area (Å²) in [5.41, 5.74) is 0.892. The molecule has 23 heavy (non-hydrogen) atoms. The number of nitrogens with zero attached hydrogens (tertiary/aromatic N) is 3. The average molecular weight is 317 g/mol. The molecule has 5 heteroatoms. The van der Waals surface area contributed by atoms with Crippen molar-refractivity contribution in [2.45, 2.75) is 19.8 Å². The summed E-state index contributed by atoms with van der Waals surface area (Å²) in [4.78, 5) is 18.9. The lowest BCUT2D eigenvalue weighted by atomic mass is 10.0. The molecule has 0 aliphatic carbocycles. The fraction of sp³-hybridized carbons (Fsp3) is 0.611. The van der Waals surface area contributed by atoms with Crippen LogP contribution in [0.15, 0.2) is 24.3 Å². The third-order valence-corrected chi connectivity index (χ3v) is 4.96. The second kappa shape index (κ2) is 7.21. The third kappa shape index (κ3) is 3.96. The summed E-state index contributed by atoms with van der Waals surface area (Å²) in [7, 11) is 0. The fourth-order valence-corrected chi connectivity index (χ4v) is 3.59. The van der Waals surface area contributed by atoms with Crippen molar-refractivity contribution in [1.29, 1.82) is 0 Å². The molecule has 2 aliphatic heterocycles. The van der Waals surface area contributed by atoms with Gasteiger partial charge in [-0.3, -0.25) is 9.69 Å². The minimum absolute atomic E-state index is 0.271. The van der Waals surface area contributed by atoms with Crippen molar-refractivity contribution in [3.05, 3.63) is 24.3 Å². The highest BCUT2D eigenvalue weighted by Gasteiger charge is 2.25. The van der Waals surface area contributed by atoms with E-state index in [2.05, 4.69) is 16.7 Å². The number of rotatable bonds is 3. The molecule has 2 aliphatic rings. The molecule has 2 saturated heterocycles. The molecule has 0 bridgehead atoms. The van der Waals surface area contributed by atoms with E-state index in [1.165, 1.54) is 6.42 Å². The molecule has 1 N–H and O–H groups in total. The second-order valence-corrected chi connectivity index (χ2v) is 6.84. The van der Waals surface area contributed by atoms with Gasteiger partial charge in [0.25, 0.3) is 0 Å². The van der Waals surface area contributed by atoms with E-state index < -0.39 is 0 Å². The number of para-hydroxylation sites is 2. The van der Waals surface area contributed by atoms with Gasteiger partial charge in [-0.2, -0.15) is 0 Å². The average Bonchev–Trinajstić information content (AvgIpc) is 2.56. The van der Waals surface area contributed by atoms with Crippen LogP contribution in [0.25, 0.3) is 0 Å². The maximum Gasteiger partial charge on any atom is 0.236 e. The van der Waals surface area contributed by atoms with E-state index in [4.69, 9.17) is 0 Å². The van der Waals surface area contributed by atoms with E-state index in [-0.39, 0.29) is 5.91 Å². The summed E-state index contributed by atoms with van der Waals surface area (Å²) in [5, 5.41) is 9.95. The van der Waals surface area contributed by atoms with Crippen molar-refractivity contribution in [2.24, 2.45) is 5.92 Å². The molecule has 5 nitrogen and oxygen atoms in total. The van der Waals surface area contributed by atoms with Crippen LogP contribution in [0, 0.1) is 5.92 Å². The number of amides is 1. The Balaban J connectivity index is 1.49. The molecular weight excluding hydrogens is 290 g/mol. The summed E-state index contributed by atoms with van der Waals surface area (Å²) >= 11 is 0.